The number of hydrogen-bond acceptors (Lipinski definition) is 3. The maximum absolute atomic E-state index is 12.2. The van der Waals surface area contributed by atoms with E-state index in [-0.39, 0.29) is 6.09 Å². The lowest BCUT2D eigenvalue weighted by molar-refractivity contribution is 0.0598. The van der Waals surface area contributed by atoms with E-state index in [0.29, 0.717) is 12.5 Å². The van der Waals surface area contributed by atoms with E-state index in [0.717, 1.165) is 32.7 Å². The van der Waals surface area contributed by atoms with E-state index in [4.69, 9.17) is 4.74 Å². The fourth-order valence-corrected chi connectivity index (χ4v) is 3.56. The van der Waals surface area contributed by atoms with Gasteiger partial charge in [0.25, 0.3) is 0 Å². The summed E-state index contributed by atoms with van der Waals surface area (Å²) >= 11 is 0. The number of ether oxygens (including phenoxy) is 1. The molecule has 4 heteroatoms. The van der Waals surface area contributed by atoms with Crippen LogP contribution in [0.3, 0.4) is 0 Å². The second-order valence-corrected chi connectivity index (χ2v) is 6.83. The topological polar surface area (TPSA) is 32.8 Å². The lowest BCUT2D eigenvalue weighted by atomic mass is 9.90. The standard InChI is InChI=1S/C19H28N2O2/c22-19(23-16-18-9-5-2-6-10-18)21-13-11-20(12-14-21)15-17-7-3-1-4-8-17/h1,3-4,7-8,18H,2,5-6,9-16H2. The van der Waals surface area contributed by atoms with Crippen molar-refractivity contribution < 1.29 is 9.53 Å². The minimum Gasteiger partial charge on any atom is -0.449 e. The Labute approximate surface area is 139 Å². The number of hydrogen-bond donors (Lipinski definition) is 0. The Kier molecular flexibility index (Phi) is 5.92. The van der Waals surface area contributed by atoms with Crippen LogP contribution in [0.25, 0.3) is 0 Å². The third-order valence-electron chi connectivity index (χ3n) is 5.05. The van der Waals surface area contributed by atoms with E-state index in [1.807, 2.05) is 11.0 Å². The van der Waals surface area contributed by atoms with Gasteiger partial charge in [0, 0.05) is 32.7 Å². The first-order chi connectivity index (χ1) is 11.3. The zero-order valence-corrected chi connectivity index (χ0v) is 14.0. The van der Waals surface area contributed by atoms with E-state index in [2.05, 4.69) is 29.2 Å². The van der Waals surface area contributed by atoms with Crippen LogP contribution in [-0.4, -0.2) is 48.7 Å². The fourth-order valence-electron chi connectivity index (χ4n) is 3.56. The van der Waals surface area contributed by atoms with Crippen molar-refractivity contribution in [2.45, 2.75) is 38.6 Å². The van der Waals surface area contributed by atoms with Gasteiger partial charge in [0.2, 0.25) is 0 Å². The molecule has 1 aliphatic carbocycles. The summed E-state index contributed by atoms with van der Waals surface area (Å²) in [4.78, 5) is 16.5. The Morgan fingerprint density at radius 1 is 1.00 bits per heavy atom. The molecule has 2 aliphatic rings. The van der Waals surface area contributed by atoms with Gasteiger partial charge in [-0.3, -0.25) is 4.90 Å². The highest BCUT2D eigenvalue weighted by atomic mass is 16.6. The van der Waals surface area contributed by atoms with Gasteiger partial charge in [-0.1, -0.05) is 49.6 Å². The molecule has 0 radical (unpaired) electrons. The van der Waals surface area contributed by atoms with E-state index in [9.17, 15) is 4.79 Å². The number of carbonyl (C=O) groups is 1. The smallest absolute Gasteiger partial charge is 0.409 e. The molecule has 0 N–H and O–H groups in total. The van der Waals surface area contributed by atoms with Crippen LogP contribution >= 0.6 is 0 Å². The Morgan fingerprint density at radius 2 is 1.70 bits per heavy atom. The quantitative estimate of drug-likeness (QED) is 0.852. The molecule has 1 saturated heterocycles. The summed E-state index contributed by atoms with van der Waals surface area (Å²) in [5, 5.41) is 0. The van der Waals surface area contributed by atoms with Gasteiger partial charge in [0.05, 0.1) is 6.61 Å². The number of rotatable bonds is 4. The van der Waals surface area contributed by atoms with E-state index in [1.165, 1.54) is 37.7 Å². The molecule has 1 heterocycles. The molecule has 23 heavy (non-hydrogen) atoms. The predicted octanol–water partition coefficient (Wildman–Crippen LogP) is 3.52. The van der Waals surface area contributed by atoms with Crippen molar-refractivity contribution in [3.63, 3.8) is 0 Å². The number of amides is 1. The molecule has 0 atom stereocenters. The Morgan fingerprint density at radius 3 is 2.39 bits per heavy atom. The first-order valence-corrected chi connectivity index (χ1v) is 8.99. The molecule has 0 spiro atoms. The van der Waals surface area contributed by atoms with Crippen LogP contribution in [0.15, 0.2) is 30.3 Å². The van der Waals surface area contributed by atoms with Crippen LogP contribution in [0, 0.1) is 5.92 Å². The molecule has 126 valence electrons. The van der Waals surface area contributed by atoms with Crippen LogP contribution in [0.2, 0.25) is 0 Å². The van der Waals surface area contributed by atoms with Gasteiger partial charge in [-0.25, -0.2) is 4.79 Å². The van der Waals surface area contributed by atoms with Gasteiger partial charge in [-0.15, -0.1) is 0 Å². The molecule has 2 fully saturated rings. The highest BCUT2D eigenvalue weighted by Gasteiger charge is 2.23. The molecule has 0 aromatic heterocycles. The van der Waals surface area contributed by atoms with Crippen molar-refractivity contribution in [3.05, 3.63) is 35.9 Å². The van der Waals surface area contributed by atoms with Gasteiger partial charge in [0.15, 0.2) is 0 Å². The molecule has 1 amide bonds. The van der Waals surface area contributed by atoms with Gasteiger partial charge in [-0.05, 0) is 24.3 Å². The maximum atomic E-state index is 12.2. The summed E-state index contributed by atoms with van der Waals surface area (Å²) in [6, 6.07) is 10.5. The first-order valence-electron chi connectivity index (χ1n) is 8.99. The molecular weight excluding hydrogens is 288 g/mol. The van der Waals surface area contributed by atoms with Crippen molar-refractivity contribution >= 4 is 6.09 Å². The Bertz CT molecular complexity index is 477. The summed E-state index contributed by atoms with van der Waals surface area (Å²) in [7, 11) is 0. The molecule has 4 nitrogen and oxygen atoms in total. The van der Waals surface area contributed by atoms with E-state index >= 15 is 0 Å². The van der Waals surface area contributed by atoms with E-state index < -0.39 is 0 Å². The van der Waals surface area contributed by atoms with Crippen LogP contribution in [0.4, 0.5) is 4.79 Å². The largest absolute Gasteiger partial charge is 0.449 e. The van der Waals surface area contributed by atoms with Gasteiger partial charge in [0.1, 0.15) is 0 Å². The fraction of sp³-hybridized carbons (Fsp3) is 0.632. The van der Waals surface area contributed by atoms with Gasteiger partial charge < -0.3 is 9.64 Å². The van der Waals surface area contributed by atoms with Crippen molar-refractivity contribution in [1.29, 1.82) is 0 Å². The molecule has 3 rings (SSSR count). The third-order valence-corrected chi connectivity index (χ3v) is 5.05. The second-order valence-electron chi connectivity index (χ2n) is 6.83. The Balaban J connectivity index is 1.37. The molecule has 1 saturated carbocycles. The lowest BCUT2D eigenvalue weighted by Crippen LogP contribution is -2.48. The van der Waals surface area contributed by atoms with Gasteiger partial charge in [-0.2, -0.15) is 0 Å². The normalized spacial score (nSPS) is 20.4. The molecule has 1 aliphatic heterocycles. The average Bonchev–Trinajstić information content (AvgIpc) is 2.62. The van der Waals surface area contributed by atoms with Crippen LogP contribution in [0.1, 0.15) is 37.7 Å². The van der Waals surface area contributed by atoms with Gasteiger partial charge >= 0.3 is 6.09 Å². The predicted molar refractivity (Wildman–Crippen MR) is 91.2 cm³/mol. The van der Waals surface area contributed by atoms with Crippen molar-refractivity contribution in [2.75, 3.05) is 32.8 Å². The summed E-state index contributed by atoms with van der Waals surface area (Å²) < 4.78 is 5.54. The van der Waals surface area contributed by atoms with Crippen molar-refractivity contribution in [1.82, 2.24) is 9.80 Å². The lowest BCUT2D eigenvalue weighted by Gasteiger charge is -2.34. The van der Waals surface area contributed by atoms with Crippen LogP contribution < -0.4 is 0 Å². The van der Waals surface area contributed by atoms with Crippen LogP contribution in [0.5, 0.6) is 0 Å². The summed E-state index contributed by atoms with van der Waals surface area (Å²) in [5.74, 6) is 0.590. The minimum absolute atomic E-state index is 0.116. The highest BCUT2D eigenvalue weighted by Crippen LogP contribution is 2.24. The molecule has 0 unspecified atom stereocenters. The minimum atomic E-state index is -0.116. The zero-order chi connectivity index (χ0) is 15.9. The third kappa shape index (κ3) is 4.96. The summed E-state index contributed by atoms with van der Waals surface area (Å²) in [6.45, 7) is 4.97. The monoisotopic (exact) mass is 316 g/mol. The molecular formula is C19H28N2O2. The number of nitrogens with zero attached hydrogens (tertiary/aromatic N) is 2. The summed E-state index contributed by atoms with van der Waals surface area (Å²) in [6.07, 6.45) is 6.25. The number of carbonyl (C=O) groups excluding carboxylic acids is 1. The summed E-state index contributed by atoms with van der Waals surface area (Å²) in [5.41, 5.74) is 1.33. The second kappa shape index (κ2) is 8.34. The van der Waals surface area contributed by atoms with Crippen molar-refractivity contribution in [3.8, 4) is 0 Å². The van der Waals surface area contributed by atoms with Crippen LogP contribution in [-0.2, 0) is 11.3 Å². The Hall–Kier alpha value is -1.55. The zero-order valence-electron chi connectivity index (χ0n) is 14.0. The first kappa shape index (κ1) is 16.3. The average molecular weight is 316 g/mol. The molecule has 1 aromatic carbocycles. The maximum Gasteiger partial charge on any atom is 0.409 e. The highest BCUT2D eigenvalue weighted by molar-refractivity contribution is 5.67. The molecule has 1 aromatic rings. The number of piperazine rings is 1. The van der Waals surface area contributed by atoms with Crippen molar-refractivity contribution in [2.24, 2.45) is 5.92 Å². The van der Waals surface area contributed by atoms with E-state index in [1.54, 1.807) is 0 Å². The number of benzene rings is 1. The SMILES string of the molecule is O=C(OCC1CCCCC1)N1CCN(Cc2ccccc2)CC1. The molecule has 0 bridgehead atoms.